The quantitative estimate of drug-likeness (QED) is 0.659. The number of halogens is 1. The number of aryl methyl sites for hydroxylation is 1. The maximum Gasteiger partial charge on any atom is 0.0501 e. The van der Waals surface area contributed by atoms with Gasteiger partial charge in [0.2, 0.25) is 0 Å². The topological polar surface area (TPSA) is 38.9 Å². The second kappa shape index (κ2) is 3.42. The summed E-state index contributed by atoms with van der Waals surface area (Å²) >= 11 is 5.50. The van der Waals surface area contributed by atoms with Crippen LogP contribution in [0.3, 0.4) is 0 Å². The minimum absolute atomic E-state index is 0.608. The lowest BCUT2D eigenvalue weighted by Crippen LogP contribution is -1.92. The van der Waals surface area contributed by atoms with Crippen molar-refractivity contribution in [2.24, 2.45) is 0 Å². The lowest BCUT2D eigenvalue weighted by atomic mass is 10.3. The molecule has 54 valence electrons. The third-order valence-electron chi connectivity index (χ3n) is 1.20. The van der Waals surface area contributed by atoms with Crippen molar-refractivity contribution in [3.8, 4) is 0 Å². The van der Waals surface area contributed by atoms with Crippen molar-refractivity contribution in [3.05, 3.63) is 24.0 Å². The summed E-state index contributed by atoms with van der Waals surface area (Å²) in [5, 5.41) is 0. The fourth-order valence-corrected chi connectivity index (χ4v) is 0.874. The number of nitrogens with zero attached hydrogens (tertiary/aromatic N) is 1. The lowest BCUT2D eigenvalue weighted by Gasteiger charge is -1.95. The van der Waals surface area contributed by atoms with Crippen LogP contribution in [-0.2, 0) is 6.42 Å². The van der Waals surface area contributed by atoms with Gasteiger partial charge < -0.3 is 5.73 Å². The van der Waals surface area contributed by atoms with E-state index in [4.69, 9.17) is 17.3 Å². The number of nitrogens with two attached hydrogens (primary N) is 1. The van der Waals surface area contributed by atoms with Crippen molar-refractivity contribution in [2.45, 2.75) is 6.42 Å². The molecule has 1 aromatic heterocycles. The molecule has 1 rings (SSSR count). The Balaban J connectivity index is 2.69. The van der Waals surface area contributed by atoms with Gasteiger partial charge in [-0.1, -0.05) is 0 Å². The van der Waals surface area contributed by atoms with Gasteiger partial charge in [0.05, 0.1) is 11.9 Å². The third-order valence-corrected chi connectivity index (χ3v) is 1.39. The molecule has 0 saturated carbocycles. The first kappa shape index (κ1) is 7.35. The first-order valence-electron chi connectivity index (χ1n) is 3.09. The summed E-state index contributed by atoms with van der Waals surface area (Å²) in [5.74, 6) is 0.608. The van der Waals surface area contributed by atoms with Gasteiger partial charge >= 0.3 is 0 Å². The fourth-order valence-electron chi connectivity index (χ4n) is 0.681. The van der Waals surface area contributed by atoms with Crippen LogP contribution < -0.4 is 5.73 Å². The zero-order chi connectivity index (χ0) is 7.40. The molecule has 3 heteroatoms. The molecular weight excluding hydrogens is 148 g/mol. The Hall–Kier alpha value is -0.760. The highest BCUT2D eigenvalue weighted by atomic mass is 35.5. The van der Waals surface area contributed by atoms with E-state index in [1.165, 1.54) is 0 Å². The molecule has 0 atom stereocenters. The van der Waals surface area contributed by atoms with Gasteiger partial charge in [0.1, 0.15) is 0 Å². The molecule has 0 aliphatic carbocycles. The Bertz CT molecular complexity index is 195. The Morgan fingerprint density at radius 3 is 2.80 bits per heavy atom. The van der Waals surface area contributed by atoms with E-state index in [1.54, 1.807) is 6.20 Å². The molecule has 0 amide bonds. The van der Waals surface area contributed by atoms with Gasteiger partial charge in [0.15, 0.2) is 0 Å². The molecule has 2 N–H and O–H groups in total. The van der Waals surface area contributed by atoms with Gasteiger partial charge in [0.25, 0.3) is 0 Å². The highest BCUT2D eigenvalue weighted by molar-refractivity contribution is 6.17. The van der Waals surface area contributed by atoms with Crippen LogP contribution in [0.1, 0.15) is 5.69 Å². The molecule has 1 heterocycles. The molecule has 0 bridgehead atoms. The molecule has 0 aromatic carbocycles. The molecule has 0 aliphatic heterocycles. The normalized spacial score (nSPS) is 9.70. The maximum absolute atomic E-state index is 5.50. The largest absolute Gasteiger partial charge is 0.397 e. The van der Waals surface area contributed by atoms with E-state index in [2.05, 4.69) is 4.98 Å². The molecule has 0 unspecified atom stereocenters. The van der Waals surface area contributed by atoms with E-state index in [9.17, 15) is 0 Å². The second-order valence-corrected chi connectivity index (χ2v) is 2.40. The number of rotatable bonds is 2. The zero-order valence-electron chi connectivity index (χ0n) is 5.55. The van der Waals surface area contributed by atoms with Crippen LogP contribution in [0.5, 0.6) is 0 Å². The van der Waals surface area contributed by atoms with Crippen molar-refractivity contribution in [3.63, 3.8) is 0 Å². The van der Waals surface area contributed by atoms with Gasteiger partial charge in [-0.3, -0.25) is 4.98 Å². The van der Waals surface area contributed by atoms with E-state index >= 15 is 0 Å². The van der Waals surface area contributed by atoms with Crippen LogP contribution in [0.4, 0.5) is 5.69 Å². The predicted molar refractivity (Wildman–Crippen MR) is 43.1 cm³/mol. The lowest BCUT2D eigenvalue weighted by molar-refractivity contribution is 1.04. The smallest absolute Gasteiger partial charge is 0.0501 e. The summed E-state index contributed by atoms with van der Waals surface area (Å²) in [5.41, 5.74) is 7.11. The summed E-state index contributed by atoms with van der Waals surface area (Å²) in [6, 6.07) is 3.71. The molecule has 0 fully saturated rings. The molecular formula is C7H9ClN2. The Morgan fingerprint density at radius 2 is 2.30 bits per heavy atom. The van der Waals surface area contributed by atoms with Crippen LogP contribution in [0.15, 0.2) is 18.3 Å². The molecule has 1 aromatic rings. The average Bonchev–Trinajstić information content (AvgIpc) is 1.95. The monoisotopic (exact) mass is 156 g/mol. The highest BCUT2D eigenvalue weighted by Gasteiger charge is 1.90. The van der Waals surface area contributed by atoms with Crippen LogP contribution in [0.2, 0.25) is 0 Å². The zero-order valence-corrected chi connectivity index (χ0v) is 6.30. The third kappa shape index (κ3) is 1.88. The summed E-state index contributed by atoms with van der Waals surface area (Å²) in [4.78, 5) is 4.06. The standard InChI is InChI=1S/C7H9ClN2/c8-4-3-7-2-1-6(9)5-10-7/h1-2,5H,3-4,9H2. The van der Waals surface area contributed by atoms with E-state index in [1.807, 2.05) is 12.1 Å². The van der Waals surface area contributed by atoms with Crippen molar-refractivity contribution < 1.29 is 0 Å². The number of anilines is 1. The van der Waals surface area contributed by atoms with Gasteiger partial charge in [-0.15, -0.1) is 11.6 Å². The summed E-state index contributed by atoms with van der Waals surface area (Å²) < 4.78 is 0. The van der Waals surface area contributed by atoms with Crippen molar-refractivity contribution in [1.29, 1.82) is 0 Å². The predicted octanol–water partition coefficient (Wildman–Crippen LogP) is 1.45. The number of hydrogen-bond acceptors (Lipinski definition) is 2. The van der Waals surface area contributed by atoms with Crippen LogP contribution in [0.25, 0.3) is 0 Å². The SMILES string of the molecule is Nc1ccc(CCCl)nc1. The van der Waals surface area contributed by atoms with Crippen molar-refractivity contribution in [2.75, 3.05) is 11.6 Å². The Kier molecular flexibility index (Phi) is 2.51. The minimum atomic E-state index is 0.608. The van der Waals surface area contributed by atoms with E-state index in [-0.39, 0.29) is 0 Å². The van der Waals surface area contributed by atoms with E-state index in [0.29, 0.717) is 11.6 Å². The van der Waals surface area contributed by atoms with Crippen molar-refractivity contribution in [1.82, 2.24) is 4.98 Å². The number of nitrogen functional groups attached to an aromatic ring is 1. The fraction of sp³-hybridized carbons (Fsp3) is 0.286. The first-order chi connectivity index (χ1) is 4.83. The number of alkyl halides is 1. The summed E-state index contributed by atoms with van der Waals surface area (Å²) in [6.45, 7) is 0. The van der Waals surface area contributed by atoms with Crippen molar-refractivity contribution >= 4 is 17.3 Å². The Labute approximate surface area is 65.0 Å². The molecule has 2 nitrogen and oxygen atoms in total. The van der Waals surface area contributed by atoms with Crippen LogP contribution >= 0.6 is 11.6 Å². The number of pyridine rings is 1. The number of aromatic nitrogens is 1. The van der Waals surface area contributed by atoms with E-state index < -0.39 is 0 Å². The summed E-state index contributed by atoms with van der Waals surface area (Å²) in [7, 11) is 0. The van der Waals surface area contributed by atoms with Gasteiger partial charge in [-0.2, -0.15) is 0 Å². The molecule has 0 aliphatic rings. The Morgan fingerprint density at radius 1 is 1.50 bits per heavy atom. The minimum Gasteiger partial charge on any atom is -0.397 e. The summed E-state index contributed by atoms with van der Waals surface area (Å²) in [6.07, 6.45) is 2.45. The van der Waals surface area contributed by atoms with Crippen LogP contribution in [0, 0.1) is 0 Å². The van der Waals surface area contributed by atoms with Gasteiger partial charge in [-0.05, 0) is 12.1 Å². The number of hydrogen-bond donors (Lipinski definition) is 1. The maximum atomic E-state index is 5.50. The molecule has 0 spiro atoms. The highest BCUT2D eigenvalue weighted by Crippen LogP contribution is 2.01. The van der Waals surface area contributed by atoms with Gasteiger partial charge in [-0.25, -0.2) is 0 Å². The van der Waals surface area contributed by atoms with Gasteiger partial charge in [0, 0.05) is 18.0 Å². The average molecular weight is 157 g/mol. The van der Waals surface area contributed by atoms with E-state index in [0.717, 1.165) is 12.1 Å². The van der Waals surface area contributed by atoms with Crippen LogP contribution in [-0.4, -0.2) is 10.9 Å². The molecule has 10 heavy (non-hydrogen) atoms. The molecule has 0 saturated heterocycles. The molecule has 0 radical (unpaired) electrons. The first-order valence-corrected chi connectivity index (χ1v) is 3.63. The second-order valence-electron chi connectivity index (χ2n) is 2.02.